The second kappa shape index (κ2) is 5.96. The fourth-order valence-corrected chi connectivity index (χ4v) is 3.02. The third-order valence-electron chi connectivity index (χ3n) is 3.40. The lowest BCUT2D eigenvalue weighted by Gasteiger charge is -2.08. The number of anilines is 1. The molecule has 5 heteroatoms. The predicted molar refractivity (Wildman–Crippen MR) is 90.5 cm³/mol. The van der Waals surface area contributed by atoms with Crippen molar-refractivity contribution in [3.63, 3.8) is 0 Å². The molecule has 0 aliphatic rings. The molecule has 0 atom stereocenters. The maximum Gasteiger partial charge on any atom is 0.156 e. The van der Waals surface area contributed by atoms with Crippen LogP contribution in [0, 0.1) is 11.3 Å². The monoisotopic (exact) mass is 306 g/mol. The minimum Gasteiger partial charge on any atom is -0.381 e. The van der Waals surface area contributed by atoms with Crippen molar-refractivity contribution in [2.24, 2.45) is 0 Å². The standard InChI is InChI=1S/C17H14N4S/c1-22-17-16(19)20-15-8-7-13(11-21(15)17)14(9-10-18)12-5-3-2-4-6-12/h2-9,11H,19H2,1H3/b14-9-. The number of benzene rings is 1. The fraction of sp³-hybridized carbons (Fsp3) is 0.0588. The number of nitriles is 1. The highest BCUT2D eigenvalue weighted by Gasteiger charge is 2.11. The molecule has 0 radical (unpaired) electrons. The Bertz CT molecular complexity index is 888. The summed E-state index contributed by atoms with van der Waals surface area (Å²) in [6.07, 6.45) is 5.51. The van der Waals surface area contributed by atoms with Crippen molar-refractivity contribution in [2.45, 2.75) is 5.03 Å². The van der Waals surface area contributed by atoms with Crippen LogP contribution in [0.2, 0.25) is 0 Å². The van der Waals surface area contributed by atoms with Gasteiger partial charge < -0.3 is 5.73 Å². The van der Waals surface area contributed by atoms with Gasteiger partial charge in [0.05, 0.1) is 6.07 Å². The van der Waals surface area contributed by atoms with Gasteiger partial charge in [0.2, 0.25) is 0 Å². The molecule has 0 saturated heterocycles. The van der Waals surface area contributed by atoms with Gasteiger partial charge in [-0.25, -0.2) is 4.98 Å². The summed E-state index contributed by atoms with van der Waals surface area (Å²) in [5, 5.41) is 10.0. The van der Waals surface area contributed by atoms with Gasteiger partial charge in [-0.2, -0.15) is 5.26 Å². The molecule has 0 bridgehead atoms. The number of nitrogen functional groups attached to an aromatic ring is 1. The minimum absolute atomic E-state index is 0.523. The molecule has 2 N–H and O–H groups in total. The van der Waals surface area contributed by atoms with Crippen LogP contribution in [0.15, 0.2) is 59.8 Å². The maximum absolute atomic E-state index is 9.11. The number of fused-ring (bicyclic) bond motifs is 1. The number of hydrogen-bond acceptors (Lipinski definition) is 4. The molecule has 0 saturated carbocycles. The van der Waals surface area contributed by atoms with Crippen LogP contribution in [0.1, 0.15) is 11.1 Å². The van der Waals surface area contributed by atoms with Gasteiger partial charge in [-0.1, -0.05) is 30.3 Å². The summed E-state index contributed by atoms with van der Waals surface area (Å²) in [4.78, 5) is 4.34. The summed E-state index contributed by atoms with van der Waals surface area (Å²) in [5.74, 6) is 0.523. The number of allylic oxidation sites excluding steroid dienone is 1. The molecule has 0 aliphatic carbocycles. The molecule has 0 amide bonds. The summed E-state index contributed by atoms with van der Waals surface area (Å²) < 4.78 is 1.96. The Kier molecular flexibility index (Phi) is 3.86. The lowest BCUT2D eigenvalue weighted by molar-refractivity contribution is 1.05. The SMILES string of the molecule is CSc1c(N)nc2ccc(/C(=C\C#N)c3ccccc3)cn12. The maximum atomic E-state index is 9.11. The molecule has 108 valence electrons. The topological polar surface area (TPSA) is 67.1 Å². The first-order valence-electron chi connectivity index (χ1n) is 6.71. The summed E-state index contributed by atoms with van der Waals surface area (Å²) in [6.45, 7) is 0. The Balaban J connectivity index is 2.19. The Morgan fingerprint density at radius 2 is 2.00 bits per heavy atom. The summed E-state index contributed by atoms with van der Waals surface area (Å²) in [6, 6.07) is 15.9. The molecule has 3 rings (SSSR count). The van der Waals surface area contributed by atoms with Crippen molar-refractivity contribution < 1.29 is 0 Å². The molecular weight excluding hydrogens is 292 g/mol. The zero-order chi connectivity index (χ0) is 15.5. The number of nitrogens with two attached hydrogens (primary N) is 1. The van der Waals surface area contributed by atoms with E-state index >= 15 is 0 Å². The van der Waals surface area contributed by atoms with E-state index in [1.165, 1.54) is 0 Å². The van der Waals surface area contributed by atoms with Crippen LogP contribution in [0.25, 0.3) is 11.2 Å². The van der Waals surface area contributed by atoms with Crippen molar-refractivity contribution in [3.05, 3.63) is 65.9 Å². The lowest BCUT2D eigenvalue weighted by Crippen LogP contribution is -1.93. The van der Waals surface area contributed by atoms with Gasteiger partial charge in [-0.3, -0.25) is 4.40 Å². The number of hydrogen-bond donors (Lipinski definition) is 1. The smallest absolute Gasteiger partial charge is 0.156 e. The van der Waals surface area contributed by atoms with Crippen LogP contribution in [-0.4, -0.2) is 15.6 Å². The number of thioether (sulfide) groups is 1. The molecule has 4 nitrogen and oxygen atoms in total. The van der Waals surface area contributed by atoms with Crippen LogP contribution in [0.5, 0.6) is 0 Å². The minimum atomic E-state index is 0.523. The Morgan fingerprint density at radius 1 is 1.23 bits per heavy atom. The largest absolute Gasteiger partial charge is 0.381 e. The average Bonchev–Trinajstić information content (AvgIpc) is 2.87. The Hall–Kier alpha value is -2.71. The van der Waals surface area contributed by atoms with Crippen LogP contribution in [0.4, 0.5) is 5.82 Å². The first-order chi connectivity index (χ1) is 10.7. The lowest BCUT2D eigenvalue weighted by atomic mass is 9.99. The average molecular weight is 306 g/mol. The van der Waals surface area contributed by atoms with Gasteiger partial charge in [-0.15, -0.1) is 11.8 Å². The highest BCUT2D eigenvalue weighted by molar-refractivity contribution is 7.98. The van der Waals surface area contributed by atoms with Gasteiger partial charge in [0.25, 0.3) is 0 Å². The fourth-order valence-electron chi connectivity index (χ4n) is 2.42. The van der Waals surface area contributed by atoms with E-state index in [4.69, 9.17) is 11.0 Å². The normalized spacial score (nSPS) is 11.5. The van der Waals surface area contributed by atoms with Crippen molar-refractivity contribution in [3.8, 4) is 6.07 Å². The van der Waals surface area contributed by atoms with Gasteiger partial charge in [-0.05, 0) is 29.5 Å². The number of pyridine rings is 1. The molecule has 2 heterocycles. The second-order valence-electron chi connectivity index (χ2n) is 4.71. The van der Waals surface area contributed by atoms with E-state index < -0.39 is 0 Å². The van der Waals surface area contributed by atoms with Gasteiger partial charge in [0.15, 0.2) is 5.82 Å². The van der Waals surface area contributed by atoms with E-state index in [1.807, 2.05) is 59.3 Å². The number of aromatic nitrogens is 2. The summed E-state index contributed by atoms with van der Waals surface area (Å²) in [5.41, 5.74) is 9.57. The zero-order valence-electron chi connectivity index (χ0n) is 12.0. The van der Waals surface area contributed by atoms with E-state index in [0.29, 0.717) is 5.82 Å². The highest BCUT2D eigenvalue weighted by Crippen LogP contribution is 2.28. The third kappa shape index (κ3) is 2.45. The quantitative estimate of drug-likeness (QED) is 0.593. The van der Waals surface area contributed by atoms with Crippen LogP contribution >= 0.6 is 11.8 Å². The van der Waals surface area contributed by atoms with E-state index in [2.05, 4.69) is 11.1 Å². The Labute approximate surface area is 132 Å². The van der Waals surface area contributed by atoms with Gasteiger partial charge >= 0.3 is 0 Å². The second-order valence-corrected chi connectivity index (χ2v) is 5.50. The number of nitrogens with zero attached hydrogens (tertiary/aromatic N) is 3. The first-order valence-corrected chi connectivity index (χ1v) is 7.94. The number of rotatable bonds is 3. The van der Waals surface area contributed by atoms with E-state index in [1.54, 1.807) is 17.8 Å². The van der Waals surface area contributed by atoms with Crippen molar-refractivity contribution in [1.29, 1.82) is 5.26 Å². The van der Waals surface area contributed by atoms with Crippen LogP contribution in [-0.2, 0) is 0 Å². The van der Waals surface area contributed by atoms with Crippen molar-refractivity contribution >= 4 is 28.8 Å². The Morgan fingerprint density at radius 3 is 2.68 bits per heavy atom. The molecule has 2 aromatic heterocycles. The summed E-state index contributed by atoms with van der Waals surface area (Å²) in [7, 11) is 0. The molecular formula is C17H14N4S. The third-order valence-corrected chi connectivity index (χ3v) is 4.19. The van der Waals surface area contributed by atoms with E-state index in [-0.39, 0.29) is 0 Å². The molecule has 1 aromatic carbocycles. The highest BCUT2D eigenvalue weighted by atomic mass is 32.2. The van der Waals surface area contributed by atoms with Crippen molar-refractivity contribution in [1.82, 2.24) is 9.38 Å². The molecule has 22 heavy (non-hydrogen) atoms. The molecule has 0 fully saturated rings. The van der Waals surface area contributed by atoms with Gasteiger partial charge in [0.1, 0.15) is 10.7 Å². The number of imidazole rings is 1. The van der Waals surface area contributed by atoms with E-state index in [9.17, 15) is 0 Å². The van der Waals surface area contributed by atoms with Crippen LogP contribution < -0.4 is 5.73 Å². The predicted octanol–water partition coefficient (Wildman–Crippen LogP) is 3.59. The van der Waals surface area contributed by atoms with Gasteiger partial charge in [0, 0.05) is 17.8 Å². The summed E-state index contributed by atoms with van der Waals surface area (Å²) >= 11 is 1.55. The zero-order valence-corrected chi connectivity index (χ0v) is 12.8. The van der Waals surface area contributed by atoms with Crippen molar-refractivity contribution in [2.75, 3.05) is 12.0 Å². The molecule has 3 aromatic rings. The molecule has 0 unspecified atom stereocenters. The van der Waals surface area contributed by atoms with E-state index in [0.717, 1.165) is 27.4 Å². The first kappa shape index (κ1) is 14.2. The molecule has 0 spiro atoms. The molecule has 0 aliphatic heterocycles. The van der Waals surface area contributed by atoms with Crippen LogP contribution in [0.3, 0.4) is 0 Å².